The summed E-state index contributed by atoms with van der Waals surface area (Å²) in [6, 6.07) is 6.54. The van der Waals surface area contributed by atoms with Crippen molar-refractivity contribution in [2.24, 2.45) is 5.92 Å². The zero-order chi connectivity index (χ0) is 14.9. The largest absolute Gasteiger partial charge is 0.493 e. The average Bonchev–Trinajstić information content (AvgIpc) is 2.46. The topological polar surface area (TPSA) is 42.2 Å². The van der Waals surface area contributed by atoms with E-state index in [1.54, 1.807) is 14.2 Å². The molecule has 0 heterocycles. The Labute approximate surface area is 129 Å². The summed E-state index contributed by atoms with van der Waals surface area (Å²) >= 11 is 3.72. The van der Waals surface area contributed by atoms with Gasteiger partial charge >= 0.3 is 0 Å². The highest BCUT2D eigenvalue weighted by molar-refractivity contribution is 9.09. The van der Waals surface area contributed by atoms with Crippen LogP contribution in [-0.4, -0.2) is 14.2 Å². The molecule has 20 heavy (non-hydrogen) atoms. The molecule has 108 valence electrons. The second kappa shape index (κ2) is 5.65. The first-order valence-electron chi connectivity index (χ1n) is 6.82. The van der Waals surface area contributed by atoms with E-state index in [1.807, 2.05) is 12.1 Å². The van der Waals surface area contributed by atoms with Crippen molar-refractivity contribution in [3.63, 3.8) is 0 Å². The third kappa shape index (κ3) is 2.18. The van der Waals surface area contributed by atoms with Crippen molar-refractivity contribution >= 4 is 15.9 Å². The number of nitrogens with zero attached hydrogens (tertiary/aromatic N) is 1. The molecule has 1 aromatic carbocycles. The quantitative estimate of drug-likeness (QED) is 0.770. The molecule has 0 N–H and O–H groups in total. The first-order chi connectivity index (χ1) is 9.50. The fourth-order valence-corrected chi connectivity index (χ4v) is 3.64. The number of benzene rings is 1. The van der Waals surface area contributed by atoms with Crippen molar-refractivity contribution in [1.82, 2.24) is 0 Å². The summed E-state index contributed by atoms with van der Waals surface area (Å²) in [6.45, 7) is 4.22. The lowest BCUT2D eigenvalue weighted by molar-refractivity contribution is 0.328. The Morgan fingerprint density at radius 3 is 2.40 bits per heavy atom. The molecule has 2 rings (SSSR count). The maximum Gasteiger partial charge on any atom is 0.161 e. The Kier molecular flexibility index (Phi) is 4.29. The molecule has 0 spiro atoms. The number of fused-ring (bicyclic) bond motifs is 1. The number of hydrogen-bond acceptors (Lipinski definition) is 3. The molecule has 3 nitrogen and oxygen atoms in total. The standard InChI is InChI=1S/C16H20BrNO2/c1-10(2)16(9-18)6-5-13(17)11-7-14(19-3)15(20-4)8-12(11)16/h7-8,10,13H,5-6H2,1-4H3. The van der Waals surface area contributed by atoms with Crippen molar-refractivity contribution in [2.75, 3.05) is 14.2 Å². The zero-order valence-corrected chi connectivity index (χ0v) is 14.0. The molecule has 1 aromatic rings. The third-order valence-corrected chi connectivity index (χ3v) is 5.30. The highest BCUT2D eigenvalue weighted by atomic mass is 79.9. The Bertz CT molecular complexity index is 550. The van der Waals surface area contributed by atoms with E-state index < -0.39 is 5.41 Å². The number of halogens is 1. The van der Waals surface area contributed by atoms with Crippen LogP contribution in [0, 0.1) is 17.2 Å². The summed E-state index contributed by atoms with van der Waals surface area (Å²) in [5.74, 6) is 1.66. The molecule has 0 bridgehead atoms. The van der Waals surface area contributed by atoms with Crippen molar-refractivity contribution in [3.05, 3.63) is 23.3 Å². The molecule has 4 heteroatoms. The van der Waals surface area contributed by atoms with Crippen LogP contribution in [0.3, 0.4) is 0 Å². The summed E-state index contributed by atoms with van der Waals surface area (Å²) in [5, 5.41) is 9.80. The molecule has 2 atom stereocenters. The summed E-state index contributed by atoms with van der Waals surface area (Å²) in [5.41, 5.74) is 1.77. The predicted molar refractivity (Wildman–Crippen MR) is 82.6 cm³/mol. The van der Waals surface area contributed by atoms with Crippen LogP contribution < -0.4 is 9.47 Å². The Morgan fingerprint density at radius 2 is 1.90 bits per heavy atom. The maximum absolute atomic E-state index is 9.80. The minimum Gasteiger partial charge on any atom is -0.493 e. The van der Waals surface area contributed by atoms with Crippen LogP contribution in [0.15, 0.2) is 12.1 Å². The summed E-state index contributed by atoms with van der Waals surface area (Å²) in [6.07, 6.45) is 1.81. The highest BCUT2D eigenvalue weighted by Crippen LogP contribution is 2.51. The number of ether oxygens (including phenoxy) is 2. The fraction of sp³-hybridized carbons (Fsp3) is 0.562. The molecule has 0 fully saturated rings. The van der Waals surface area contributed by atoms with Crippen molar-refractivity contribution in [1.29, 1.82) is 5.26 Å². The number of nitriles is 1. The zero-order valence-electron chi connectivity index (χ0n) is 12.4. The van der Waals surface area contributed by atoms with Crippen molar-refractivity contribution < 1.29 is 9.47 Å². The van der Waals surface area contributed by atoms with E-state index >= 15 is 0 Å². The lowest BCUT2D eigenvalue weighted by Crippen LogP contribution is -2.35. The minimum atomic E-state index is -0.445. The van der Waals surface area contributed by atoms with Gasteiger partial charge < -0.3 is 9.47 Å². The molecule has 0 aliphatic heterocycles. The lowest BCUT2D eigenvalue weighted by Gasteiger charge is -2.39. The number of rotatable bonds is 3. The molecule has 0 radical (unpaired) electrons. The van der Waals surface area contributed by atoms with Gasteiger partial charge in [-0.3, -0.25) is 0 Å². The number of alkyl halides is 1. The third-order valence-electron chi connectivity index (χ3n) is 4.35. The van der Waals surface area contributed by atoms with Gasteiger partial charge in [0.2, 0.25) is 0 Å². The normalized spacial score (nSPS) is 24.9. The van der Waals surface area contributed by atoms with Gasteiger partial charge in [-0.25, -0.2) is 0 Å². The second-order valence-electron chi connectivity index (χ2n) is 5.54. The van der Waals surface area contributed by atoms with E-state index in [2.05, 4.69) is 35.8 Å². The van der Waals surface area contributed by atoms with Crippen LogP contribution in [0.25, 0.3) is 0 Å². The smallest absolute Gasteiger partial charge is 0.161 e. The summed E-state index contributed by atoms with van der Waals surface area (Å²) < 4.78 is 10.8. The second-order valence-corrected chi connectivity index (χ2v) is 6.64. The molecule has 0 amide bonds. The molecule has 0 saturated heterocycles. The molecule has 0 saturated carbocycles. The van der Waals surface area contributed by atoms with Gasteiger partial charge in [-0.1, -0.05) is 29.8 Å². The average molecular weight is 338 g/mol. The molecule has 0 aromatic heterocycles. The molecule has 1 aliphatic carbocycles. The van der Waals surface area contributed by atoms with Gasteiger partial charge in [0.15, 0.2) is 11.5 Å². The van der Waals surface area contributed by atoms with Gasteiger partial charge in [-0.2, -0.15) is 5.26 Å². The Hall–Kier alpha value is -1.21. The molecule has 1 aliphatic rings. The van der Waals surface area contributed by atoms with Crippen LogP contribution >= 0.6 is 15.9 Å². The van der Waals surface area contributed by atoms with Crippen LogP contribution in [-0.2, 0) is 5.41 Å². The van der Waals surface area contributed by atoms with E-state index in [0.717, 1.165) is 24.0 Å². The maximum atomic E-state index is 9.80. The summed E-state index contributed by atoms with van der Waals surface area (Å²) in [7, 11) is 3.26. The SMILES string of the molecule is COc1cc2c(cc1OC)C(C#N)(C(C)C)CCC2Br. The predicted octanol–water partition coefficient (Wildman–Crippen LogP) is 4.35. The van der Waals surface area contributed by atoms with Crippen LogP contribution in [0.2, 0.25) is 0 Å². The van der Waals surface area contributed by atoms with Crippen LogP contribution in [0.1, 0.15) is 42.6 Å². The molecular weight excluding hydrogens is 318 g/mol. The van der Waals surface area contributed by atoms with Gasteiger partial charge in [0, 0.05) is 4.83 Å². The Morgan fingerprint density at radius 1 is 1.30 bits per heavy atom. The van der Waals surface area contributed by atoms with Crippen molar-refractivity contribution in [2.45, 2.75) is 36.9 Å². The minimum absolute atomic E-state index is 0.254. The first-order valence-corrected chi connectivity index (χ1v) is 7.73. The monoisotopic (exact) mass is 337 g/mol. The fourth-order valence-electron chi connectivity index (χ4n) is 3.03. The number of hydrogen-bond donors (Lipinski definition) is 0. The molecular formula is C16H20BrNO2. The van der Waals surface area contributed by atoms with Crippen LogP contribution in [0.4, 0.5) is 0 Å². The number of methoxy groups -OCH3 is 2. The van der Waals surface area contributed by atoms with Crippen molar-refractivity contribution in [3.8, 4) is 17.6 Å². The van der Waals surface area contributed by atoms with E-state index in [-0.39, 0.29) is 10.7 Å². The van der Waals surface area contributed by atoms with E-state index in [9.17, 15) is 5.26 Å². The molecule has 2 unspecified atom stereocenters. The summed E-state index contributed by atoms with van der Waals surface area (Å²) in [4.78, 5) is 0.262. The van der Waals surface area contributed by atoms with E-state index in [4.69, 9.17) is 9.47 Å². The van der Waals surface area contributed by atoms with Gasteiger partial charge in [0.05, 0.1) is 25.7 Å². The van der Waals surface area contributed by atoms with Crippen LogP contribution in [0.5, 0.6) is 11.5 Å². The van der Waals surface area contributed by atoms with E-state index in [1.165, 1.54) is 0 Å². The Balaban J connectivity index is 2.71. The first kappa shape index (κ1) is 15.2. The van der Waals surface area contributed by atoms with Gasteiger partial charge in [0.25, 0.3) is 0 Å². The van der Waals surface area contributed by atoms with Gasteiger partial charge in [-0.05, 0) is 42.0 Å². The highest BCUT2D eigenvalue weighted by Gasteiger charge is 2.43. The van der Waals surface area contributed by atoms with Gasteiger partial charge in [0.1, 0.15) is 0 Å². The van der Waals surface area contributed by atoms with E-state index in [0.29, 0.717) is 11.5 Å². The van der Waals surface area contributed by atoms with Gasteiger partial charge in [-0.15, -0.1) is 0 Å². The lowest BCUT2D eigenvalue weighted by atomic mass is 9.64.